The molecule has 0 fully saturated rings. The zero-order valence-electron chi connectivity index (χ0n) is 2.68. The second-order valence-electron chi connectivity index (χ2n) is 0.583. The molecule has 0 saturated carbocycles. The third-order valence-electron chi connectivity index (χ3n) is 0. The first-order chi connectivity index (χ1) is 2.24. The first-order valence-corrected chi connectivity index (χ1v) is 2.31. The molecule has 0 unspecified atom stereocenters. The smallest absolute Gasteiger partial charge is 0.571 e. The van der Waals surface area contributed by atoms with Crippen molar-refractivity contribution in [3.8, 4) is 0 Å². The van der Waals surface area contributed by atoms with Crippen LogP contribution >= 0.6 is 0 Å². The molecule has 0 heterocycles. The normalized spacial score (nSPS) is 16.4. The SMILES string of the molecule is F[S+](F)(F)(F)F.[Cl-]. The number of hydrogen-bond acceptors (Lipinski definition) is 0. The lowest BCUT2D eigenvalue weighted by molar-refractivity contribution is -0.00000876. The largest absolute Gasteiger partial charge is 1.00 e. The molecule has 0 N–H and O–H groups in total. The van der Waals surface area contributed by atoms with Crippen LogP contribution in [0.15, 0.2) is 0 Å². The van der Waals surface area contributed by atoms with Gasteiger partial charge in [-0.05, 0) is 0 Å². The summed E-state index contributed by atoms with van der Waals surface area (Å²) in [6.07, 6.45) is 0. The van der Waals surface area contributed by atoms with Gasteiger partial charge >= 0.3 is 11.1 Å². The van der Waals surface area contributed by atoms with E-state index in [0.717, 1.165) is 0 Å². The molecule has 48 valence electrons. The maximum absolute atomic E-state index is 9.82. The van der Waals surface area contributed by atoms with Crippen LogP contribution in [0.5, 0.6) is 0 Å². The van der Waals surface area contributed by atoms with Gasteiger partial charge in [0, 0.05) is 0 Å². The van der Waals surface area contributed by atoms with Gasteiger partial charge in [-0.2, -0.15) is 0 Å². The van der Waals surface area contributed by atoms with Crippen LogP contribution in [0.4, 0.5) is 19.4 Å². The molecule has 0 radical (unpaired) electrons. The van der Waals surface area contributed by atoms with Crippen LogP contribution in [0.1, 0.15) is 0 Å². The third kappa shape index (κ3) is 1380. The summed E-state index contributed by atoms with van der Waals surface area (Å²) >= 11 is -8.35. The lowest BCUT2D eigenvalue weighted by atomic mass is 18.6. The lowest BCUT2D eigenvalue weighted by Gasteiger charge is -1.92. The molecule has 0 amide bonds. The van der Waals surface area contributed by atoms with Crippen LogP contribution in [0, 0.1) is 0 Å². The number of rotatable bonds is 0. The molecule has 0 aromatic heterocycles. The van der Waals surface area contributed by atoms with Gasteiger partial charge in [-0.1, -0.05) is 0 Å². The van der Waals surface area contributed by atoms with Crippen LogP contribution in [0.2, 0.25) is 0 Å². The fraction of sp³-hybridized carbons (Fsp3) is 0. The Morgan fingerprint density at radius 1 is 0.714 bits per heavy atom. The van der Waals surface area contributed by atoms with Crippen molar-refractivity contribution in [2.45, 2.75) is 0 Å². The van der Waals surface area contributed by atoms with Crippen LogP contribution in [-0.2, 0) is 11.1 Å². The van der Waals surface area contributed by atoms with E-state index < -0.39 is 11.1 Å². The molecule has 0 aliphatic carbocycles. The highest BCUT2D eigenvalue weighted by atomic mass is 35.5. The van der Waals surface area contributed by atoms with Gasteiger partial charge < -0.3 is 12.4 Å². The van der Waals surface area contributed by atoms with E-state index in [2.05, 4.69) is 0 Å². The maximum Gasteiger partial charge on any atom is 0.571 e. The Labute approximate surface area is 43.9 Å². The minimum Gasteiger partial charge on any atom is -1.00 e. The van der Waals surface area contributed by atoms with Gasteiger partial charge in [0.15, 0.2) is 0 Å². The average molecular weight is 163 g/mol. The van der Waals surface area contributed by atoms with Crippen molar-refractivity contribution in [2.75, 3.05) is 0 Å². The monoisotopic (exact) mass is 162 g/mol. The molecule has 7 heavy (non-hydrogen) atoms. The Hall–Kier alpha value is 0.290. The van der Waals surface area contributed by atoms with Gasteiger partial charge in [0.05, 0.1) is 19.4 Å². The molecule has 0 nitrogen and oxygen atoms in total. The van der Waals surface area contributed by atoms with Crippen LogP contribution in [-0.4, -0.2) is 0 Å². The summed E-state index contributed by atoms with van der Waals surface area (Å²) in [5, 5.41) is 0. The van der Waals surface area contributed by atoms with Gasteiger partial charge in [0.25, 0.3) is 0 Å². The van der Waals surface area contributed by atoms with E-state index in [-0.39, 0.29) is 12.4 Å². The molecular weight excluding hydrogens is 163 g/mol. The minimum absolute atomic E-state index is 0. The summed E-state index contributed by atoms with van der Waals surface area (Å²) in [7, 11) is 0. The zero-order chi connectivity index (χ0) is 5.45. The molecule has 0 bridgehead atoms. The molecule has 0 aromatic carbocycles. The lowest BCUT2D eigenvalue weighted by Crippen LogP contribution is -3.00. The first kappa shape index (κ1) is 10.3. The van der Waals surface area contributed by atoms with Crippen molar-refractivity contribution < 1.29 is 31.8 Å². The highest BCUT2D eigenvalue weighted by Gasteiger charge is 2.58. The van der Waals surface area contributed by atoms with Crippen LogP contribution in [0.3, 0.4) is 0 Å². The van der Waals surface area contributed by atoms with Crippen molar-refractivity contribution in [1.29, 1.82) is 0 Å². The standard InChI is InChI=1S/ClH.F5S/c;1-6(2,3,4)5/h1H;/q;+1/p-1. The minimum atomic E-state index is -8.35. The highest BCUT2D eigenvalue weighted by molar-refractivity contribution is 8.08. The van der Waals surface area contributed by atoms with E-state index in [4.69, 9.17) is 0 Å². The fourth-order valence-electron chi connectivity index (χ4n) is 0. The van der Waals surface area contributed by atoms with Crippen LogP contribution < -0.4 is 12.4 Å². The van der Waals surface area contributed by atoms with E-state index >= 15 is 0 Å². The molecule has 0 saturated heterocycles. The molecule has 0 atom stereocenters. The highest BCUT2D eigenvalue weighted by Crippen LogP contribution is 2.46. The molecule has 0 aromatic rings. The first-order valence-electron chi connectivity index (χ1n) is 0.772. The molecule has 0 aliphatic heterocycles. The number of halogens is 6. The van der Waals surface area contributed by atoms with E-state index in [1.807, 2.05) is 0 Å². The van der Waals surface area contributed by atoms with Gasteiger partial charge in [0.2, 0.25) is 0 Å². The van der Waals surface area contributed by atoms with E-state index in [1.54, 1.807) is 0 Å². The van der Waals surface area contributed by atoms with Crippen molar-refractivity contribution in [3.05, 3.63) is 0 Å². The summed E-state index contributed by atoms with van der Waals surface area (Å²) in [6.45, 7) is 0. The summed E-state index contributed by atoms with van der Waals surface area (Å²) in [4.78, 5) is 0. The Bertz CT molecular complexity index is 41.3. The molecule has 0 spiro atoms. The average Bonchev–Trinajstić information content (AvgIpc) is 0.650. The molecule has 0 rings (SSSR count). The second kappa shape index (κ2) is 1.66. The topological polar surface area (TPSA) is 0 Å². The Morgan fingerprint density at radius 3 is 0.714 bits per heavy atom. The van der Waals surface area contributed by atoms with Crippen molar-refractivity contribution in [1.82, 2.24) is 0 Å². The molecular formula is ClF5S. The van der Waals surface area contributed by atoms with Gasteiger partial charge in [0.1, 0.15) is 0 Å². The Kier molecular flexibility index (Phi) is 2.45. The maximum atomic E-state index is 9.82. The Morgan fingerprint density at radius 2 is 0.714 bits per heavy atom. The molecule has 7 heteroatoms. The van der Waals surface area contributed by atoms with Crippen molar-refractivity contribution >= 4 is 11.1 Å². The van der Waals surface area contributed by atoms with Crippen molar-refractivity contribution in [3.63, 3.8) is 0 Å². The fourth-order valence-corrected chi connectivity index (χ4v) is 0. The van der Waals surface area contributed by atoms with E-state index in [0.29, 0.717) is 0 Å². The quantitative estimate of drug-likeness (QED) is 0.320. The van der Waals surface area contributed by atoms with Crippen molar-refractivity contribution in [2.24, 2.45) is 0 Å². The van der Waals surface area contributed by atoms with Gasteiger partial charge in [-0.3, -0.25) is 0 Å². The van der Waals surface area contributed by atoms with E-state index in [9.17, 15) is 19.4 Å². The number of hydrogen-bond donors (Lipinski definition) is 0. The molecule has 0 aliphatic rings. The summed E-state index contributed by atoms with van der Waals surface area (Å²) in [5.41, 5.74) is 0. The van der Waals surface area contributed by atoms with Crippen LogP contribution in [0.25, 0.3) is 0 Å². The predicted octanol–water partition coefficient (Wildman–Crippen LogP) is -0.897. The van der Waals surface area contributed by atoms with Gasteiger partial charge in [-0.15, -0.1) is 0 Å². The van der Waals surface area contributed by atoms with E-state index in [1.165, 1.54) is 0 Å². The summed E-state index contributed by atoms with van der Waals surface area (Å²) < 4.78 is 49.1. The summed E-state index contributed by atoms with van der Waals surface area (Å²) in [6, 6.07) is 0. The van der Waals surface area contributed by atoms with Gasteiger partial charge in [-0.25, -0.2) is 0 Å². The third-order valence-corrected chi connectivity index (χ3v) is 0. The second-order valence-corrected chi connectivity index (χ2v) is 1.75. The summed E-state index contributed by atoms with van der Waals surface area (Å²) in [5.74, 6) is 0. The predicted molar refractivity (Wildman–Crippen MR) is 12.9 cm³/mol. The Balaban J connectivity index is 0. The zero-order valence-corrected chi connectivity index (χ0v) is 4.25.